The zero-order valence-corrected chi connectivity index (χ0v) is 27.7. The number of hydrogen-bond acceptors (Lipinski definition) is 3. The molecule has 0 N–H and O–H groups in total. The van der Waals surface area contributed by atoms with Gasteiger partial charge in [0.2, 0.25) is 0 Å². The SMILES string of the molecule is CCCCCCCC[PH](C)(CCCCCCCC)CCCCCCCC.CCCCCSOC(C)=O. The topological polar surface area (TPSA) is 26.3 Å². The van der Waals surface area contributed by atoms with Crippen LogP contribution in [0.1, 0.15) is 169 Å². The third kappa shape index (κ3) is 32.3. The molecule has 0 aromatic carbocycles. The molecular formula is C32H69O2PS. The molecule has 36 heavy (non-hydrogen) atoms. The molecule has 0 radical (unpaired) electrons. The fourth-order valence-corrected chi connectivity index (χ4v) is 9.54. The molecule has 0 amide bonds. The van der Waals surface area contributed by atoms with E-state index in [1.165, 1.54) is 147 Å². The van der Waals surface area contributed by atoms with Gasteiger partial charge in [0.25, 0.3) is 0 Å². The normalized spacial score (nSPS) is 11.7. The van der Waals surface area contributed by atoms with Crippen molar-refractivity contribution in [1.29, 1.82) is 0 Å². The molecular weight excluding hydrogens is 479 g/mol. The average molecular weight is 549 g/mol. The Labute approximate surface area is 234 Å². The van der Waals surface area contributed by atoms with Crippen LogP contribution in [-0.4, -0.2) is 36.9 Å². The Hall–Kier alpha value is 0.250. The van der Waals surface area contributed by atoms with Crippen LogP contribution in [0.3, 0.4) is 0 Å². The van der Waals surface area contributed by atoms with E-state index in [-0.39, 0.29) is 5.97 Å². The first-order valence-electron chi connectivity index (χ1n) is 16.3. The summed E-state index contributed by atoms with van der Waals surface area (Å²) in [6, 6.07) is 0. The molecule has 0 atom stereocenters. The van der Waals surface area contributed by atoms with Crippen LogP contribution in [0.25, 0.3) is 0 Å². The van der Waals surface area contributed by atoms with Crippen LogP contribution in [-0.2, 0) is 8.98 Å². The maximum absolute atomic E-state index is 10.2. The van der Waals surface area contributed by atoms with Crippen LogP contribution in [0.5, 0.6) is 0 Å². The first-order valence-corrected chi connectivity index (χ1v) is 20.3. The Balaban J connectivity index is 0. The van der Waals surface area contributed by atoms with E-state index in [0.29, 0.717) is 0 Å². The molecule has 0 unspecified atom stereocenters. The van der Waals surface area contributed by atoms with Gasteiger partial charge in [-0.15, -0.1) is 0 Å². The Morgan fingerprint density at radius 1 is 0.528 bits per heavy atom. The monoisotopic (exact) mass is 548 g/mol. The van der Waals surface area contributed by atoms with Gasteiger partial charge in [0.15, 0.2) is 0 Å². The van der Waals surface area contributed by atoms with Crippen LogP contribution < -0.4 is 0 Å². The minimum atomic E-state index is -0.955. The first kappa shape index (κ1) is 38.4. The minimum Gasteiger partial charge on any atom is -0.392 e. The number of rotatable bonds is 26. The van der Waals surface area contributed by atoms with Gasteiger partial charge in [-0.1, -0.05) is 19.8 Å². The van der Waals surface area contributed by atoms with E-state index in [1.807, 2.05) is 0 Å². The predicted molar refractivity (Wildman–Crippen MR) is 173 cm³/mol. The maximum Gasteiger partial charge on any atom is 0.314 e. The molecule has 0 aromatic heterocycles. The molecule has 0 aliphatic rings. The van der Waals surface area contributed by atoms with E-state index < -0.39 is 7.26 Å². The van der Waals surface area contributed by atoms with Crippen molar-refractivity contribution >= 4 is 25.3 Å². The van der Waals surface area contributed by atoms with Crippen LogP contribution in [0.2, 0.25) is 0 Å². The number of unbranched alkanes of at least 4 members (excludes halogenated alkanes) is 17. The Morgan fingerprint density at radius 3 is 1.17 bits per heavy atom. The molecule has 0 bridgehead atoms. The second-order valence-corrected chi connectivity index (χ2v) is 17.4. The Bertz CT molecular complexity index is 390. The Kier molecular flexibility index (Phi) is 33.6. The van der Waals surface area contributed by atoms with Crippen molar-refractivity contribution in [2.75, 3.05) is 30.9 Å². The molecule has 0 aliphatic heterocycles. The molecule has 220 valence electrons. The van der Waals surface area contributed by atoms with Crippen molar-refractivity contribution in [2.24, 2.45) is 0 Å². The van der Waals surface area contributed by atoms with Crippen molar-refractivity contribution in [2.45, 2.75) is 169 Å². The van der Waals surface area contributed by atoms with Gasteiger partial charge < -0.3 is 4.18 Å². The van der Waals surface area contributed by atoms with E-state index in [2.05, 4.69) is 38.5 Å². The van der Waals surface area contributed by atoms with Crippen LogP contribution in [0.4, 0.5) is 0 Å². The van der Waals surface area contributed by atoms with E-state index >= 15 is 0 Å². The van der Waals surface area contributed by atoms with Crippen LogP contribution >= 0.6 is 19.3 Å². The van der Waals surface area contributed by atoms with Crippen molar-refractivity contribution < 1.29 is 8.98 Å². The summed E-state index contributed by atoms with van der Waals surface area (Å²) >= 11 is 1.25. The summed E-state index contributed by atoms with van der Waals surface area (Å²) < 4.78 is 4.67. The van der Waals surface area contributed by atoms with Gasteiger partial charge in [-0.2, -0.15) is 0 Å². The molecule has 0 saturated carbocycles. The fraction of sp³-hybridized carbons (Fsp3) is 0.969. The summed E-state index contributed by atoms with van der Waals surface area (Å²) in [4.78, 5) is 10.2. The molecule has 4 heteroatoms. The van der Waals surface area contributed by atoms with Gasteiger partial charge in [-0.25, -0.2) is 0 Å². The minimum absolute atomic E-state index is 0.207. The van der Waals surface area contributed by atoms with Gasteiger partial charge >= 0.3 is 175 Å². The van der Waals surface area contributed by atoms with E-state index in [1.54, 1.807) is 18.5 Å². The maximum atomic E-state index is 10.2. The van der Waals surface area contributed by atoms with Crippen molar-refractivity contribution in [3.8, 4) is 0 Å². The van der Waals surface area contributed by atoms with Gasteiger partial charge in [-0.3, -0.25) is 4.79 Å². The molecule has 0 rings (SSSR count). The zero-order valence-electron chi connectivity index (χ0n) is 25.9. The average Bonchev–Trinajstić information content (AvgIpc) is 2.86. The third-order valence-electron chi connectivity index (χ3n) is 7.41. The fourth-order valence-electron chi connectivity index (χ4n) is 4.91. The number of carbonyl (C=O) groups excluding carboxylic acids is 1. The van der Waals surface area contributed by atoms with Crippen molar-refractivity contribution in [1.82, 2.24) is 0 Å². The van der Waals surface area contributed by atoms with Crippen molar-refractivity contribution in [3.05, 3.63) is 0 Å². The largest absolute Gasteiger partial charge is 0.392 e. The summed E-state index contributed by atoms with van der Waals surface area (Å²) in [6.07, 6.45) is 35.0. The quantitative estimate of drug-likeness (QED) is 0.0610. The van der Waals surface area contributed by atoms with E-state index in [9.17, 15) is 4.79 Å². The molecule has 0 heterocycles. The van der Waals surface area contributed by atoms with Crippen LogP contribution in [0, 0.1) is 0 Å². The molecule has 0 aromatic rings. The van der Waals surface area contributed by atoms with E-state index in [4.69, 9.17) is 0 Å². The predicted octanol–water partition coefficient (Wildman–Crippen LogP) is 11.8. The summed E-state index contributed by atoms with van der Waals surface area (Å²) in [5, 5.41) is 0. The number of carbonyl (C=O) groups is 1. The summed E-state index contributed by atoms with van der Waals surface area (Å²) in [7, 11) is -0.955. The van der Waals surface area contributed by atoms with Crippen molar-refractivity contribution in [3.63, 3.8) is 0 Å². The number of hydrogen-bond donors (Lipinski definition) is 0. The van der Waals surface area contributed by atoms with Gasteiger partial charge in [0, 0.05) is 12.7 Å². The second-order valence-electron chi connectivity index (χ2n) is 11.5. The summed E-state index contributed by atoms with van der Waals surface area (Å²) in [5.41, 5.74) is 0. The van der Waals surface area contributed by atoms with Gasteiger partial charge in [0.05, 0.1) is 12.0 Å². The zero-order chi connectivity index (χ0) is 27.2. The molecule has 0 fully saturated rings. The summed E-state index contributed by atoms with van der Waals surface area (Å²) in [5.74, 6) is 0.717. The van der Waals surface area contributed by atoms with E-state index in [0.717, 1.165) is 12.2 Å². The second kappa shape index (κ2) is 31.5. The van der Waals surface area contributed by atoms with Gasteiger partial charge in [-0.05, 0) is 6.42 Å². The first-order chi connectivity index (χ1) is 17.5. The smallest absolute Gasteiger partial charge is 0.314 e. The van der Waals surface area contributed by atoms with Crippen LogP contribution in [0.15, 0.2) is 0 Å². The standard InChI is InChI=1S/C25H55P.C7H14O2S/c1-5-8-11-14-17-20-23-26(4,24-21-18-15-12-9-6-2)25-22-19-16-13-10-7-3;1-3-4-5-6-10-9-7(2)8/h26H,5-25H2,1-4H3;3-6H2,1-2H3. The molecule has 2 nitrogen and oxygen atoms in total. The summed E-state index contributed by atoms with van der Waals surface area (Å²) in [6.45, 7) is 13.3. The Morgan fingerprint density at radius 2 is 0.833 bits per heavy atom. The third-order valence-corrected chi connectivity index (χ3v) is 12.9. The molecule has 0 saturated heterocycles. The molecule has 0 aliphatic carbocycles. The van der Waals surface area contributed by atoms with Gasteiger partial charge in [0.1, 0.15) is 0 Å². The molecule has 0 spiro atoms.